The normalized spacial score (nSPS) is 22.0. The first-order chi connectivity index (χ1) is 21.5. The number of aliphatic hydroxyl groups is 1. The smallest absolute Gasteiger partial charge is 0.254 e. The summed E-state index contributed by atoms with van der Waals surface area (Å²) >= 11 is 0. The van der Waals surface area contributed by atoms with Crippen molar-refractivity contribution in [2.24, 2.45) is 17.1 Å². The van der Waals surface area contributed by atoms with Crippen molar-refractivity contribution in [1.29, 1.82) is 0 Å². The van der Waals surface area contributed by atoms with Gasteiger partial charge >= 0.3 is 0 Å². The van der Waals surface area contributed by atoms with Crippen molar-refractivity contribution in [3.8, 4) is 17.3 Å². The number of pyridine rings is 2. The summed E-state index contributed by atoms with van der Waals surface area (Å²) in [5, 5.41) is 13.6. The molecule has 2 aliphatic heterocycles. The number of fused-ring (bicyclic) bond motifs is 4. The Morgan fingerprint density at radius 3 is 2.58 bits per heavy atom. The average Bonchev–Trinajstić information content (AvgIpc) is 3.34. The number of aliphatic hydroxyl groups excluding tert-OH is 1. The van der Waals surface area contributed by atoms with Crippen molar-refractivity contribution in [3.05, 3.63) is 47.3 Å². The molecule has 7 rings (SSSR count). The molecular formula is C34H43N7O4. The number of aryl methyl sites for hydroxylation is 1. The number of amides is 2. The molecule has 2 bridgehead atoms. The van der Waals surface area contributed by atoms with Crippen molar-refractivity contribution in [2.75, 3.05) is 13.7 Å². The molecule has 2 saturated heterocycles. The number of carbonyl (C=O) groups excluding carboxylic acids is 2. The molecule has 11 heteroatoms. The summed E-state index contributed by atoms with van der Waals surface area (Å²) in [5.41, 5.74) is 11.0. The molecule has 45 heavy (non-hydrogen) atoms. The third kappa shape index (κ3) is 4.96. The third-order valence-electron chi connectivity index (χ3n) is 10.1. The van der Waals surface area contributed by atoms with Crippen molar-refractivity contribution in [1.82, 2.24) is 29.2 Å². The summed E-state index contributed by atoms with van der Waals surface area (Å²) in [5.74, 6) is 0.900. The monoisotopic (exact) mass is 613 g/mol. The molecule has 3 aliphatic rings. The summed E-state index contributed by atoms with van der Waals surface area (Å²) in [6.45, 7) is 7.95. The van der Waals surface area contributed by atoms with E-state index in [9.17, 15) is 14.7 Å². The van der Waals surface area contributed by atoms with Crippen LogP contribution in [0.3, 0.4) is 0 Å². The number of nitrogens with two attached hydrogens (primary N) is 1. The van der Waals surface area contributed by atoms with Gasteiger partial charge < -0.3 is 30.4 Å². The minimum absolute atomic E-state index is 0.0124. The third-order valence-corrected chi connectivity index (χ3v) is 10.1. The average molecular weight is 614 g/mol. The fourth-order valence-electron chi connectivity index (χ4n) is 7.15. The Kier molecular flexibility index (Phi) is 7.16. The topological polar surface area (TPSA) is 140 Å². The number of aromatic nitrogens is 4. The number of nitrogens with one attached hydrogen (secondary N) is 1. The molecule has 2 amide bonds. The van der Waals surface area contributed by atoms with Gasteiger partial charge in [-0.25, -0.2) is 9.97 Å². The molecule has 238 valence electrons. The van der Waals surface area contributed by atoms with Crippen LogP contribution in [0.1, 0.15) is 80.7 Å². The first-order valence-corrected chi connectivity index (χ1v) is 16.1. The second-order valence-electron chi connectivity index (χ2n) is 13.9. The lowest BCUT2D eigenvalue weighted by atomic mass is 9.93. The number of methoxy groups -OCH3 is 1. The van der Waals surface area contributed by atoms with E-state index in [1.165, 1.54) is 12.8 Å². The van der Waals surface area contributed by atoms with Crippen LogP contribution in [0.4, 0.5) is 0 Å². The van der Waals surface area contributed by atoms with Gasteiger partial charge in [-0.1, -0.05) is 0 Å². The highest BCUT2D eigenvalue weighted by Gasteiger charge is 2.47. The van der Waals surface area contributed by atoms with Crippen molar-refractivity contribution >= 4 is 28.5 Å². The van der Waals surface area contributed by atoms with E-state index in [0.29, 0.717) is 23.0 Å². The first kappa shape index (κ1) is 29.7. The van der Waals surface area contributed by atoms with Crippen molar-refractivity contribution < 1.29 is 19.4 Å². The van der Waals surface area contributed by atoms with Crippen LogP contribution in [0, 0.1) is 18.3 Å². The number of nitrogens with zero attached hydrogens (tertiary/aromatic N) is 5. The molecule has 0 spiro atoms. The van der Waals surface area contributed by atoms with Gasteiger partial charge in [-0.3, -0.25) is 14.0 Å². The van der Waals surface area contributed by atoms with Gasteiger partial charge in [0.2, 0.25) is 5.91 Å². The Morgan fingerprint density at radius 2 is 1.93 bits per heavy atom. The van der Waals surface area contributed by atoms with Gasteiger partial charge in [0, 0.05) is 41.7 Å². The van der Waals surface area contributed by atoms with E-state index in [1.54, 1.807) is 21.0 Å². The second-order valence-corrected chi connectivity index (χ2v) is 13.9. The standard InChI is InChI=1S/C34H43N7O4/c1-18(36-33(44)34(3,4)17-42)25-10-8-21-12-27(39(31(21)37-25)16-20-6-7-20)30-19(2)40-28(38-30)13-22(14-29(40)45-5)32(43)41-23-9-11-26(41)24(35)15-23/h8,10,12-14,18,20,23-24,26,42H,6-7,9,11,15-17,35H2,1-5H3,(H,36,44)/t18-,23+,24-,26-/m1/s1. The van der Waals surface area contributed by atoms with E-state index in [4.69, 9.17) is 20.4 Å². The number of rotatable bonds is 9. The minimum atomic E-state index is -0.884. The van der Waals surface area contributed by atoms with Crippen LogP contribution in [0.25, 0.3) is 28.1 Å². The Morgan fingerprint density at radius 1 is 1.16 bits per heavy atom. The fourth-order valence-corrected chi connectivity index (χ4v) is 7.15. The highest BCUT2D eigenvalue weighted by molar-refractivity contribution is 5.97. The minimum Gasteiger partial charge on any atom is -0.482 e. The van der Waals surface area contributed by atoms with Gasteiger partial charge in [-0.2, -0.15) is 0 Å². The van der Waals surface area contributed by atoms with Crippen molar-refractivity contribution in [3.63, 3.8) is 0 Å². The lowest BCUT2D eigenvalue weighted by Crippen LogP contribution is -2.40. The van der Waals surface area contributed by atoms with E-state index in [-0.39, 0.29) is 42.6 Å². The molecule has 4 aromatic heterocycles. The maximum atomic E-state index is 13.8. The van der Waals surface area contributed by atoms with Gasteiger partial charge in [0.05, 0.1) is 42.3 Å². The molecule has 1 saturated carbocycles. The molecule has 6 heterocycles. The van der Waals surface area contributed by atoms with Crippen LogP contribution >= 0.6 is 0 Å². The molecular weight excluding hydrogens is 570 g/mol. The van der Waals surface area contributed by atoms with Gasteiger partial charge in [0.1, 0.15) is 17.0 Å². The number of carbonyl (C=O) groups is 2. The quantitative estimate of drug-likeness (QED) is 0.259. The molecule has 0 radical (unpaired) electrons. The fraction of sp³-hybridized carbons (Fsp3) is 0.529. The summed E-state index contributed by atoms with van der Waals surface area (Å²) in [7, 11) is 1.62. The predicted molar refractivity (Wildman–Crippen MR) is 171 cm³/mol. The van der Waals surface area contributed by atoms with Crippen LogP contribution in [-0.2, 0) is 11.3 Å². The summed E-state index contributed by atoms with van der Waals surface area (Å²) in [6.07, 6.45) is 5.16. The second kappa shape index (κ2) is 10.8. The number of hydrogen-bond acceptors (Lipinski definition) is 7. The van der Waals surface area contributed by atoms with Crippen molar-refractivity contribution in [2.45, 2.75) is 90.5 Å². The molecule has 0 unspecified atom stereocenters. The molecule has 1 aliphatic carbocycles. The number of hydrogen-bond donors (Lipinski definition) is 3. The van der Waals surface area contributed by atoms with Gasteiger partial charge in [-0.15, -0.1) is 0 Å². The molecule has 4 N–H and O–H groups in total. The lowest BCUT2D eigenvalue weighted by molar-refractivity contribution is -0.132. The van der Waals surface area contributed by atoms with E-state index in [1.807, 2.05) is 47.4 Å². The molecule has 4 aromatic rings. The van der Waals surface area contributed by atoms with E-state index < -0.39 is 5.41 Å². The maximum absolute atomic E-state index is 13.8. The van der Waals surface area contributed by atoms with Gasteiger partial charge in [0.25, 0.3) is 5.91 Å². The summed E-state index contributed by atoms with van der Waals surface area (Å²) in [4.78, 5) is 38.7. The zero-order valence-corrected chi connectivity index (χ0v) is 26.7. The van der Waals surface area contributed by atoms with Crippen LogP contribution in [0.5, 0.6) is 5.88 Å². The molecule has 4 atom stereocenters. The van der Waals surface area contributed by atoms with Gasteiger partial charge in [-0.05, 0) is 90.0 Å². The largest absolute Gasteiger partial charge is 0.482 e. The van der Waals surface area contributed by atoms with E-state index in [0.717, 1.165) is 59.6 Å². The predicted octanol–water partition coefficient (Wildman–Crippen LogP) is 3.98. The Labute approximate surface area is 262 Å². The maximum Gasteiger partial charge on any atom is 0.254 e. The molecule has 3 fully saturated rings. The van der Waals surface area contributed by atoms with Crippen LogP contribution in [0.2, 0.25) is 0 Å². The summed E-state index contributed by atoms with van der Waals surface area (Å²) in [6, 6.07) is 9.79. The van der Waals surface area contributed by atoms with Crippen LogP contribution in [0.15, 0.2) is 30.3 Å². The van der Waals surface area contributed by atoms with E-state index >= 15 is 0 Å². The Balaban J connectivity index is 1.29. The SMILES string of the molecule is COc1cc(C(=O)N2[C@H]3CC[C@@H]2[C@H](N)C3)cc2nc(-c3cc4ccc([C@@H](C)NC(=O)C(C)(C)CO)nc4n3CC3CC3)c(C)n12. The van der Waals surface area contributed by atoms with E-state index in [2.05, 4.69) is 16.0 Å². The zero-order chi connectivity index (χ0) is 31.8. The molecule has 0 aromatic carbocycles. The van der Waals surface area contributed by atoms with Crippen LogP contribution < -0.4 is 15.8 Å². The highest BCUT2D eigenvalue weighted by atomic mass is 16.5. The number of ether oxygens (including phenoxy) is 1. The Bertz CT molecular complexity index is 1820. The van der Waals surface area contributed by atoms with Gasteiger partial charge in [0.15, 0.2) is 5.88 Å². The number of imidazole rings is 1. The summed E-state index contributed by atoms with van der Waals surface area (Å²) < 4.78 is 10.0. The molecule has 11 nitrogen and oxygen atoms in total. The van der Waals surface area contributed by atoms with Crippen LogP contribution in [-0.4, -0.2) is 72.6 Å². The Hall–Kier alpha value is -3.96. The highest BCUT2D eigenvalue weighted by Crippen LogP contribution is 2.40. The first-order valence-electron chi connectivity index (χ1n) is 16.1. The lowest BCUT2D eigenvalue weighted by Gasteiger charge is -2.23. The zero-order valence-electron chi connectivity index (χ0n) is 26.7.